The zero-order valence-corrected chi connectivity index (χ0v) is 15.0. The summed E-state index contributed by atoms with van der Waals surface area (Å²) in [6, 6.07) is 15.2. The Labute approximate surface area is 154 Å². The van der Waals surface area contributed by atoms with Crippen LogP contribution < -0.4 is 5.32 Å². The van der Waals surface area contributed by atoms with Crippen LogP contribution in [0.5, 0.6) is 0 Å². The van der Waals surface area contributed by atoms with Crippen LogP contribution in [0.2, 0.25) is 0 Å². The van der Waals surface area contributed by atoms with E-state index >= 15 is 0 Å². The molecule has 1 saturated heterocycles. The van der Waals surface area contributed by atoms with Crippen LogP contribution in [0.3, 0.4) is 0 Å². The smallest absolute Gasteiger partial charge is 0.224 e. The van der Waals surface area contributed by atoms with Crippen molar-refractivity contribution in [3.63, 3.8) is 0 Å². The van der Waals surface area contributed by atoms with Crippen LogP contribution in [-0.2, 0) is 17.9 Å². The fourth-order valence-electron chi connectivity index (χ4n) is 3.89. The van der Waals surface area contributed by atoms with Crippen molar-refractivity contribution >= 4 is 5.91 Å². The van der Waals surface area contributed by atoms with E-state index in [0.717, 1.165) is 18.5 Å². The molecule has 0 aromatic heterocycles. The standard InChI is InChI=1S/C22H25FN2O/c23-21-6-2-1-5-18(21)19-13-20(19)22(26)24-14-16-7-9-17(10-8-16)15-25-11-3-4-12-25/h1-2,5-10,19-20H,3-4,11-15H2,(H,24,26). The van der Waals surface area contributed by atoms with Crippen molar-refractivity contribution in [1.29, 1.82) is 0 Å². The molecule has 1 N–H and O–H groups in total. The maximum Gasteiger partial charge on any atom is 0.224 e. The van der Waals surface area contributed by atoms with Crippen LogP contribution in [0.4, 0.5) is 4.39 Å². The fourth-order valence-corrected chi connectivity index (χ4v) is 3.89. The minimum absolute atomic E-state index is 0.0269. The highest BCUT2D eigenvalue weighted by atomic mass is 19.1. The molecule has 1 saturated carbocycles. The molecule has 1 heterocycles. The Kier molecular flexibility index (Phi) is 5.02. The summed E-state index contributed by atoms with van der Waals surface area (Å²) in [6.07, 6.45) is 3.35. The summed E-state index contributed by atoms with van der Waals surface area (Å²) in [5.41, 5.74) is 3.09. The molecule has 1 amide bonds. The summed E-state index contributed by atoms with van der Waals surface area (Å²) in [4.78, 5) is 14.8. The lowest BCUT2D eigenvalue weighted by atomic mass is 10.1. The van der Waals surface area contributed by atoms with E-state index in [1.807, 2.05) is 6.07 Å². The Morgan fingerprint density at radius 3 is 2.46 bits per heavy atom. The Morgan fingerprint density at radius 2 is 1.73 bits per heavy atom. The van der Waals surface area contributed by atoms with Gasteiger partial charge in [0.25, 0.3) is 0 Å². The van der Waals surface area contributed by atoms with Crippen LogP contribution in [0.1, 0.15) is 41.9 Å². The van der Waals surface area contributed by atoms with Gasteiger partial charge in [-0.05, 0) is 61.0 Å². The molecule has 1 aliphatic carbocycles. The first-order valence-corrected chi connectivity index (χ1v) is 9.53. The highest BCUT2D eigenvalue weighted by molar-refractivity contribution is 5.82. The van der Waals surface area contributed by atoms with Crippen molar-refractivity contribution in [3.05, 3.63) is 71.0 Å². The van der Waals surface area contributed by atoms with Gasteiger partial charge in [-0.15, -0.1) is 0 Å². The molecule has 2 atom stereocenters. The second-order valence-electron chi connectivity index (χ2n) is 7.49. The number of carbonyl (C=O) groups is 1. The number of benzene rings is 2. The summed E-state index contributed by atoms with van der Waals surface area (Å²) >= 11 is 0. The van der Waals surface area contributed by atoms with E-state index < -0.39 is 0 Å². The van der Waals surface area contributed by atoms with E-state index in [1.54, 1.807) is 12.1 Å². The fraction of sp³-hybridized carbons (Fsp3) is 0.409. The van der Waals surface area contributed by atoms with Gasteiger partial charge in [-0.25, -0.2) is 4.39 Å². The van der Waals surface area contributed by atoms with E-state index in [-0.39, 0.29) is 23.6 Å². The molecule has 4 rings (SSSR count). The number of rotatable bonds is 6. The maximum absolute atomic E-state index is 13.8. The molecule has 0 radical (unpaired) electrons. The summed E-state index contributed by atoms with van der Waals surface area (Å²) in [6.45, 7) is 3.94. The Morgan fingerprint density at radius 1 is 1.04 bits per heavy atom. The molecular weight excluding hydrogens is 327 g/mol. The van der Waals surface area contributed by atoms with Gasteiger partial charge in [0, 0.05) is 19.0 Å². The lowest BCUT2D eigenvalue weighted by Crippen LogP contribution is -2.25. The lowest BCUT2D eigenvalue weighted by molar-refractivity contribution is -0.122. The molecule has 2 aromatic carbocycles. The van der Waals surface area contributed by atoms with Gasteiger partial charge < -0.3 is 5.32 Å². The first-order chi connectivity index (χ1) is 12.7. The summed E-state index contributed by atoms with van der Waals surface area (Å²) < 4.78 is 13.8. The van der Waals surface area contributed by atoms with Gasteiger partial charge >= 0.3 is 0 Å². The Hall–Kier alpha value is -2.20. The number of nitrogens with zero attached hydrogens (tertiary/aromatic N) is 1. The van der Waals surface area contributed by atoms with Gasteiger partial charge in [-0.1, -0.05) is 42.5 Å². The summed E-state index contributed by atoms with van der Waals surface area (Å²) in [7, 11) is 0. The topological polar surface area (TPSA) is 32.3 Å². The second kappa shape index (κ2) is 7.58. The van der Waals surface area contributed by atoms with Gasteiger partial charge in [0.2, 0.25) is 5.91 Å². The highest BCUT2D eigenvalue weighted by Crippen LogP contribution is 2.48. The van der Waals surface area contributed by atoms with Gasteiger partial charge in [-0.2, -0.15) is 0 Å². The van der Waals surface area contributed by atoms with Crippen molar-refractivity contribution in [1.82, 2.24) is 10.2 Å². The van der Waals surface area contributed by atoms with Gasteiger partial charge in [0.05, 0.1) is 0 Å². The van der Waals surface area contributed by atoms with Gasteiger partial charge in [0.1, 0.15) is 5.82 Å². The quantitative estimate of drug-likeness (QED) is 0.857. The van der Waals surface area contributed by atoms with E-state index in [9.17, 15) is 9.18 Å². The number of amides is 1. The predicted octanol–water partition coefficient (Wildman–Crippen LogP) is 3.84. The van der Waals surface area contributed by atoms with E-state index in [2.05, 4.69) is 34.5 Å². The summed E-state index contributed by atoms with van der Waals surface area (Å²) in [5.74, 6) is -0.249. The van der Waals surface area contributed by atoms with Crippen LogP contribution in [0, 0.1) is 11.7 Å². The highest BCUT2D eigenvalue weighted by Gasteiger charge is 2.44. The monoisotopic (exact) mass is 352 g/mol. The third kappa shape index (κ3) is 3.96. The number of hydrogen-bond acceptors (Lipinski definition) is 2. The number of carbonyl (C=O) groups excluding carboxylic acids is 1. The predicted molar refractivity (Wildman–Crippen MR) is 100 cm³/mol. The molecule has 2 aromatic rings. The van der Waals surface area contributed by atoms with Crippen LogP contribution >= 0.6 is 0 Å². The lowest BCUT2D eigenvalue weighted by Gasteiger charge is -2.14. The first kappa shape index (κ1) is 17.2. The van der Waals surface area contributed by atoms with Crippen molar-refractivity contribution in [2.45, 2.75) is 38.3 Å². The van der Waals surface area contributed by atoms with Crippen LogP contribution in [0.15, 0.2) is 48.5 Å². The molecule has 0 spiro atoms. The molecule has 2 fully saturated rings. The van der Waals surface area contributed by atoms with Crippen LogP contribution in [-0.4, -0.2) is 23.9 Å². The summed E-state index contributed by atoms with van der Waals surface area (Å²) in [5, 5.41) is 3.00. The number of hydrogen-bond donors (Lipinski definition) is 1. The Bertz CT molecular complexity index is 768. The normalized spacial score (nSPS) is 22.3. The van der Waals surface area contributed by atoms with Crippen molar-refractivity contribution < 1.29 is 9.18 Å². The van der Waals surface area contributed by atoms with E-state index in [1.165, 1.54) is 37.6 Å². The van der Waals surface area contributed by atoms with Crippen molar-refractivity contribution in [3.8, 4) is 0 Å². The molecule has 2 aliphatic rings. The van der Waals surface area contributed by atoms with Crippen molar-refractivity contribution in [2.24, 2.45) is 5.92 Å². The molecule has 4 heteroatoms. The number of halogens is 1. The molecule has 3 nitrogen and oxygen atoms in total. The zero-order valence-electron chi connectivity index (χ0n) is 15.0. The molecule has 2 unspecified atom stereocenters. The minimum Gasteiger partial charge on any atom is -0.352 e. The minimum atomic E-state index is -0.207. The molecule has 0 bridgehead atoms. The van der Waals surface area contributed by atoms with E-state index in [0.29, 0.717) is 12.1 Å². The molecule has 136 valence electrons. The maximum atomic E-state index is 13.8. The van der Waals surface area contributed by atoms with E-state index in [4.69, 9.17) is 0 Å². The zero-order chi connectivity index (χ0) is 17.9. The van der Waals surface area contributed by atoms with Gasteiger partial charge in [-0.3, -0.25) is 9.69 Å². The average molecular weight is 352 g/mol. The number of likely N-dealkylation sites (tertiary alicyclic amines) is 1. The second-order valence-corrected chi connectivity index (χ2v) is 7.49. The third-order valence-corrected chi connectivity index (χ3v) is 5.53. The largest absolute Gasteiger partial charge is 0.352 e. The third-order valence-electron chi connectivity index (χ3n) is 5.53. The van der Waals surface area contributed by atoms with Crippen molar-refractivity contribution in [2.75, 3.05) is 13.1 Å². The van der Waals surface area contributed by atoms with Crippen LogP contribution in [0.25, 0.3) is 0 Å². The molecule has 26 heavy (non-hydrogen) atoms. The van der Waals surface area contributed by atoms with Gasteiger partial charge in [0.15, 0.2) is 0 Å². The number of nitrogens with one attached hydrogen (secondary N) is 1. The average Bonchev–Trinajstić information content (AvgIpc) is 3.29. The molecular formula is C22H25FN2O. The first-order valence-electron chi connectivity index (χ1n) is 9.53. The molecule has 1 aliphatic heterocycles. The SMILES string of the molecule is O=C(NCc1ccc(CN2CCCC2)cc1)C1CC1c1ccccc1F. The Balaban J connectivity index is 1.26.